The summed E-state index contributed by atoms with van der Waals surface area (Å²) in [5, 5.41) is 20.8. The predicted molar refractivity (Wildman–Crippen MR) is 69.7 cm³/mol. The maximum atomic E-state index is 12.0. The van der Waals surface area contributed by atoms with Crippen LogP contribution in [0.2, 0.25) is 0 Å². The highest BCUT2D eigenvalue weighted by molar-refractivity contribution is 5.96. The van der Waals surface area contributed by atoms with Crippen molar-refractivity contribution in [3.8, 4) is 5.75 Å². The van der Waals surface area contributed by atoms with Crippen molar-refractivity contribution >= 4 is 11.9 Å². The van der Waals surface area contributed by atoms with Crippen LogP contribution in [0.5, 0.6) is 5.75 Å². The molecule has 0 atom stereocenters. The number of aromatic carboxylic acids is 1. The molecule has 1 heterocycles. The van der Waals surface area contributed by atoms with Crippen molar-refractivity contribution in [2.75, 3.05) is 0 Å². The average Bonchev–Trinajstić information content (AvgIpc) is 2.88. The van der Waals surface area contributed by atoms with E-state index < -0.39 is 5.97 Å². The van der Waals surface area contributed by atoms with Gasteiger partial charge in [0.25, 0.3) is 5.91 Å². The number of phenolic OH excluding ortho intramolecular Hbond substituents is 1. The van der Waals surface area contributed by atoms with Gasteiger partial charge in [-0.3, -0.25) is 4.79 Å². The van der Waals surface area contributed by atoms with Crippen LogP contribution in [0.1, 0.15) is 32.2 Å². The van der Waals surface area contributed by atoms with Crippen LogP contribution >= 0.6 is 0 Å². The van der Waals surface area contributed by atoms with E-state index in [-0.39, 0.29) is 24.0 Å². The van der Waals surface area contributed by atoms with Gasteiger partial charge in [0, 0.05) is 11.1 Å². The van der Waals surface area contributed by atoms with E-state index in [4.69, 9.17) is 9.52 Å². The Morgan fingerprint density at radius 1 is 1.25 bits per heavy atom. The number of phenols is 1. The Kier molecular flexibility index (Phi) is 3.74. The number of hydrogen-bond donors (Lipinski definition) is 3. The monoisotopic (exact) mass is 275 g/mol. The first-order valence-corrected chi connectivity index (χ1v) is 5.88. The van der Waals surface area contributed by atoms with Gasteiger partial charge in [-0.05, 0) is 31.2 Å². The third-order valence-electron chi connectivity index (χ3n) is 2.85. The van der Waals surface area contributed by atoms with E-state index in [1.807, 2.05) is 0 Å². The van der Waals surface area contributed by atoms with Gasteiger partial charge in [0.05, 0.1) is 6.54 Å². The minimum Gasteiger partial charge on any atom is -0.508 e. The highest BCUT2D eigenvalue weighted by Gasteiger charge is 2.13. The molecule has 0 aliphatic heterocycles. The summed E-state index contributed by atoms with van der Waals surface area (Å²) in [5.41, 5.74) is 0.839. The fourth-order valence-corrected chi connectivity index (χ4v) is 1.72. The maximum Gasteiger partial charge on any atom is 0.371 e. The van der Waals surface area contributed by atoms with Crippen LogP contribution in [0.25, 0.3) is 0 Å². The van der Waals surface area contributed by atoms with Crippen molar-refractivity contribution in [1.29, 1.82) is 0 Å². The lowest BCUT2D eigenvalue weighted by Crippen LogP contribution is -2.23. The molecule has 3 N–H and O–H groups in total. The molecule has 0 radical (unpaired) electrons. The van der Waals surface area contributed by atoms with Gasteiger partial charge in [0.1, 0.15) is 11.5 Å². The molecule has 2 aromatic rings. The van der Waals surface area contributed by atoms with E-state index in [0.29, 0.717) is 16.9 Å². The molecule has 2 rings (SSSR count). The van der Waals surface area contributed by atoms with Crippen LogP contribution in [-0.2, 0) is 6.54 Å². The summed E-state index contributed by atoms with van der Waals surface area (Å²) in [6.07, 6.45) is 0. The number of carbonyl (C=O) groups is 2. The first kappa shape index (κ1) is 13.7. The molecule has 6 heteroatoms. The number of carbonyl (C=O) groups excluding carboxylic acids is 1. The molecule has 0 bridgehead atoms. The van der Waals surface area contributed by atoms with Crippen molar-refractivity contribution in [2.45, 2.75) is 13.5 Å². The fourth-order valence-electron chi connectivity index (χ4n) is 1.72. The van der Waals surface area contributed by atoms with Crippen LogP contribution in [-0.4, -0.2) is 22.1 Å². The van der Waals surface area contributed by atoms with Crippen LogP contribution < -0.4 is 5.32 Å². The maximum absolute atomic E-state index is 12.0. The van der Waals surface area contributed by atoms with Crippen molar-refractivity contribution in [1.82, 2.24) is 5.32 Å². The van der Waals surface area contributed by atoms with E-state index in [1.165, 1.54) is 18.2 Å². The molecule has 6 nitrogen and oxygen atoms in total. The first-order valence-electron chi connectivity index (χ1n) is 5.88. The zero-order valence-corrected chi connectivity index (χ0v) is 10.7. The average molecular weight is 275 g/mol. The third-order valence-corrected chi connectivity index (χ3v) is 2.85. The van der Waals surface area contributed by atoms with Crippen LogP contribution in [0.3, 0.4) is 0 Å². The Morgan fingerprint density at radius 2 is 2.00 bits per heavy atom. The van der Waals surface area contributed by atoms with Crippen LogP contribution in [0.15, 0.2) is 34.7 Å². The molecule has 1 aromatic carbocycles. The standard InChI is InChI=1S/C14H13NO5/c1-8-10(3-2-4-11(8)16)13(17)15-7-9-5-6-12(20-9)14(18)19/h2-6,16H,7H2,1H3,(H,15,17)(H,18,19). The summed E-state index contributed by atoms with van der Waals surface area (Å²) in [4.78, 5) is 22.6. The lowest BCUT2D eigenvalue weighted by molar-refractivity contribution is 0.0660. The summed E-state index contributed by atoms with van der Waals surface area (Å²) in [6, 6.07) is 7.47. The molecule has 0 aliphatic rings. The number of carboxylic acids is 1. The molecule has 1 aromatic heterocycles. The van der Waals surface area contributed by atoms with Gasteiger partial charge in [-0.1, -0.05) is 6.07 Å². The smallest absolute Gasteiger partial charge is 0.371 e. The first-order chi connectivity index (χ1) is 9.49. The molecular weight excluding hydrogens is 262 g/mol. The molecule has 0 saturated heterocycles. The summed E-state index contributed by atoms with van der Waals surface area (Å²) in [6.45, 7) is 1.71. The Balaban J connectivity index is 2.05. The SMILES string of the molecule is Cc1c(O)cccc1C(=O)NCc1ccc(C(=O)O)o1. The Hall–Kier alpha value is -2.76. The summed E-state index contributed by atoms with van der Waals surface area (Å²) >= 11 is 0. The zero-order valence-electron chi connectivity index (χ0n) is 10.7. The number of nitrogens with one attached hydrogen (secondary N) is 1. The van der Waals surface area contributed by atoms with Crippen molar-refractivity contribution in [3.63, 3.8) is 0 Å². The summed E-state index contributed by atoms with van der Waals surface area (Å²) in [7, 11) is 0. The topological polar surface area (TPSA) is 99.8 Å². The van der Waals surface area contributed by atoms with E-state index in [1.54, 1.807) is 19.1 Å². The number of carboxylic acid groups (broad SMARTS) is 1. The lowest BCUT2D eigenvalue weighted by Gasteiger charge is -2.07. The lowest BCUT2D eigenvalue weighted by atomic mass is 10.1. The van der Waals surface area contributed by atoms with Crippen molar-refractivity contribution in [3.05, 3.63) is 53.0 Å². The van der Waals surface area contributed by atoms with Gasteiger partial charge in [0.2, 0.25) is 5.76 Å². The zero-order chi connectivity index (χ0) is 14.7. The second kappa shape index (κ2) is 5.48. The minimum absolute atomic E-state index is 0.0452. The molecule has 0 unspecified atom stereocenters. The summed E-state index contributed by atoms with van der Waals surface area (Å²) < 4.78 is 5.02. The number of rotatable bonds is 4. The number of amides is 1. The number of aromatic hydroxyl groups is 1. The van der Waals surface area contributed by atoms with E-state index >= 15 is 0 Å². The van der Waals surface area contributed by atoms with Crippen LogP contribution in [0.4, 0.5) is 0 Å². The fraction of sp³-hybridized carbons (Fsp3) is 0.143. The second-order valence-corrected chi connectivity index (χ2v) is 4.20. The number of benzene rings is 1. The minimum atomic E-state index is -1.16. The second-order valence-electron chi connectivity index (χ2n) is 4.20. The van der Waals surface area contributed by atoms with E-state index in [0.717, 1.165) is 0 Å². The quantitative estimate of drug-likeness (QED) is 0.791. The third kappa shape index (κ3) is 2.80. The van der Waals surface area contributed by atoms with E-state index in [9.17, 15) is 14.7 Å². The molecule has 20 heavy (non-hydrogen) atoms. The Morgan fingerprint density at radius 3 is 2.65 bits per heavy atom. The largest absolute Gasteiger partial charge is 0.508 e. The molecule has 0 aliphatic carbocycles. The van der Waals surface area contributed by atoms with Gasteiger partial charge >= 0.3 is 5.97 Å². The molecule has 1 amide bonds. The predicted octanol–water partition coefficient (Wildman–Crippen LogP) is 1.92. The molecule has 104 valence electrons. The number of hydrogen-bond acceptors (Lipinski definition) is 4. The van der Waals surface area contributed by atoms with Gasteiger partial charge < -0.3 is 19.9 Å². The van der Waals surface area contributed by atoms with Crippen molar-refractivity contribution < 1.29 is 24.2 Å². The molecule has 0 fully saturated rings. The van der Waals surface area contributed by atoms with Crippen LogP contribution in [0, 0.1) is 6.92 Å². The Labute approximate surface area is 114 Å². The molecule has 0 spiro atoms. The molecular formula is C14H13NO5. The van der Waals surface area contributed by atoms with Gasteiger partial charge in [-0.15, -0.1) is 0 Å². The number of furan rings is 1. The Bertz CT molecular complexity index is 659. The highest BCUT2D eigenvalue weighted by Crippen LogP contribution is 2.19. The normalized spacial score (nSPS) is 10.2. The molecule has 0 saturated carbocycles. The van der Waals surface area contributed by atoms with Gasteiger partial charge in [-0.2, -0.15) is 0 Å². The summed E-state index contributed by atoms with van der Waals surface area (Å²) in [5.74, 6) is -1.32. The van der Waals surface area contributed by atoms with Gasteiger partial charge in [-0.25, -0.2) is 4.79 Å². The van der Waals surface area contributed by atoms with Crippen molar-refractivity contribution in [2.24, 2.45) is 0 Å². The van der Waals surface area contributed by atoms with E-state index in [2.05, 4.69) is 5.32 Å². The highest BCUT2D eigenvalue weighted by atomic mass is 16.4. The van der Waals surface area contributed by atoms with Gasteiger partial charge in [0.15, 0.2) is 0 Å².